The van der Waals surface area contributed by atoms with Gasteiger partial charge in [0.05, 0.1) is 11.8 Å². The number of para-hydroxylation sites is 1. The molecule has 94 valence electrons. The van der Waals surface area contributed by atoms with E-state index < -0.39 is 0 Å². The maximum Gasteiger partial charge on any atom is 0.197 e. The lowest BCUT2D eigenvalue weighted by molar-refractivity contribution is 0.243. The number of aromatic amines is 1. The van der Waals surface area contributed by atoms with Gasteiger partial charge < -0.3 is 9.72 Å². The monoisotopic (exact) mass is 260 g/mol. The molecule has 0 bridgehead atoms. The van der Waals surface area contributed by atoms with Gasteiger partial charge in [-0.1, -0.05) is 12.1 Å². The van der Waals surface area contributed by atoms with E-state index in [2.05, 4.69) is 9.97 Å². The fraction of sp³-hybridized carbons (Fsp3) is 0.286. The molecule has 3 nitrogen and oxygen atoms in total. The second-order valence-electron chi connectivity index (χ2n) is 4.41. The predicted octanol–water partition coefficient (Wildman–Crippen LogP) is 3.90. The van der Waals surface area contributed by atoms with E-state index in [-0.39, 0.29) is 6.10 Å². The average molecular weight is 260 g/mol. The number of aromatic nitrogens is 2. The molecule has 1 aromatic carbocycles. The molecule has 0 aliphatic heterocycles. The summed E-state index contributed by atoms with van der Waals surface area (Å²) >= 11 is 5.08. The fourth-order valence-corrected chi connectivity index (χ4v) is 1.92. The summed E-state index contributed by atoms with van der Waals surface area (Å²) < 4.78 is 6.30. The van der Waals surface area contributed by atoms with Crippen LogP contribution in [0.1, 0.15) is 19.4 Å². The van der Waals surface area contributed by atoms with Crippen molar-refractivity contribution in [1.29, 1.82) is 0 Å². The molecule has 2 rings (SSSR count). The summed E-state index contributed by atoms with van der Waals surface area (Å²) in [6, 6.07) is 7.93. The number of hydrogen-bond donors (Lipinski definition) is 1. The molecule has 4 heteroatoms. The zero-order valence-electron chi connectivity index (χ0n) is 10.7. The highest BCUT2D eigenvalue weighted by molar-refractivity contribution is 7.71. The van der Waals surface area contributed by atoms with Crippen LogP contribution in [-0.4, -0.2) is 16.1 Å². The summed E-state index contributed by atoms with van der Waals surface area (Å²) in [5, 5.41) is 0. The second kappa shape index (κ2) is 5.31. The number of nitrogens with one attached hydrogen (secondary N) is 1. The first-order valence-electron chi connectivity index (χ1n) is 5.90. The van der Waals surface area contributed by atoms with Crippen molar-refractivity contribution < 1.29 is 4.74 Å². The van der Waals surface area contributed by atoms with Gasteiger partial charge >= 0.3 is 0 Å². The molecule has 0 spiro atoms. The number of benzene rings is 1. The van der Waals surface area contributed by atoms with E-state index in [1.54, 1.807) is 6.20 Å². The molecular formula is C14H16N2OS. The zero-order chi connectivity index (χ0) is 13.1. The van der Waals surface area contributed by atoms with E-state index in [0.29, 0.717) is 4.77 Å². The van der Waals surface area contributed by atoms with Gasteiger partial charge in [0.25, 0.3) is 0 Å². The third-order valence-electron chi connectivity index (χ3n) is 2.52. The molecule has 0 radical (unpaired) electrons. The largest absolute Gasteiger partial charge is 0.490 e. The summed E-state index contributed by atoms with van der Waals surface area (Å²) in [5.41, 5.74) is 3.02. The Kier molecular flexibility index (Phi) is 3.77. The Morgan fingerprint density at radius 2 is 2.00 bits per heavy atom. The Hall–Kier alpha value is -1.68. The van der Waals surface area contributed by atoms with Crippen molar-refractivity contribution in [3.8, 4) is 17.0 Å². The summed E-state index contributed by atoms with van der Waals surface area (Å²) in [6.07, 6.45) is 1.91. The summed E-state index contributed by atoms with van der Waals surface area (Å²) in [6.45, 7) is 6.02. The van der Waals surface area contributed by atoms with Crippen LogP contribution in [0, 0.1) is 11.7 Å². The van der Waals surface area contributed by atoms with E-state index in [1.807, 2.05) is 45.0 Å². The highest BCUT2D eigenvalue weighted by Crippen LogP contribution is 2.30. The van der Waals surface area contributed by atoms with Gasteiger partial charge in [-0.25, -0.2) is 4.98 Å². The van der Waals surface area contributed by atoms with Gasteiger partial charge in [-0.3, -0.25) is 0 Å². The number of ether oxygens (including phenoxy) is 1. The van der Waals surface area contributed by atoms with E-state index in [0.717, 1.165) is 22.6 Å². The normalized spacial score (nSPS) is 10.7. The van der Waals surface area contributed by atoms with Crippen LogP contribution in [0.5, 0.6) is 5.75 Å². The molecule has 0 saturated heterocycles. The standard InChI is InChI=1S/C14H16N2OS/c1-9(2)17-12-7-5-4-6-11(12)13-10(3)8-15-14(18)16-13/h4-9H,1-3H3,(H,15,16,18). The SMILES string of the molecule is Cc1cnc(=S)[nH]c1-c1ccccc1OC(C)C. The quantitative estimate of drug-likeness (QED) is 0.850. The van der Waals surface area contributed by atoms with Crippen LogP contribution in [-0.2, 0) is 0 Å². The Balaban J connectivity index is 2.56. The third-order valence-corrected chi connectivity index (χ3v) is 2.73. The first kappa shape index (κ1) is 12.8. The second-order valence-corrected chi connectivity index (χ2v) is 4.80. The Morgan fingerprint density at radius 3 is 2.72 bits per heavy atom. The molecular weight excluding hydrogens is 244 g/mol. The van der Waals surface area contributed by atoms with Gasteiger partial charge in [-0.2, -0.15) is 0 Å². The van der Waals surface area contributed by atoms with Gasteiger partial charge in [0.2, 0.25) is 0 Å². The van der Waals surface area contributed by atoms with E-state index in [9.17, 15) is 0 Å². The Labute approximate surface area is 112 Å². The summed E-state index contributed by atoms with van der Waals surface area (Å²) in [5.74, 6) is 0.854. The van der Waals surface area contributed by atoms with Gasteiger partial charge in [-0.05, 0) is 50.7 Å². The van der Waals surface area contributed by atoms with Gasteiger partial charge in [0.1, 0.15) is 5.75 Å². The lowest BCUT2D eigenvalue weighted by Gasteiger charge is -2.15. The number of rotatable bonds is 3. The minimum Gasteiger partial charge on any atom is -0.490 e. The fourth-order valence-electron chi connectivity index (χ4n) is 1.77. The van der Waals surface area contributed by atoms with Crippen LogP contribution < -0.4 is 4.74 Å². The molecule has 2 aromatic rings. The van der Waals surface area contributed by atoms with Crippen LogP contribution in [0.2, 0.25) is 0 Å². The van der Waals surface area contributed by atoms with E-state index in [1.165, 1.54) is 0 Å². The van der Waals surface area contributed by atoms with Gasteiger partial charge in [-0.15, -0.1) is 0 Å². The molecule has 0 aliphatic rings. The number of hydrogen-bond acceptors (Lipinski definition) is 3. The molecule has 0 aliphatic carbocycles. The summed E-state index contributed by atoms with van der Waals surface area (Å²) in [7, 11) is 0. The first-order valence-corrected chi connectivity index (χ1v) is 6.30. The molecule has 0 amide bonds. The molecule has 0 fully saturated rings. The molecule has 1 aromatic heterocycles. The van der Waals surface area contributed by atoms with E-state index in [4.69, 9.17) is 17.0 Å². The topological polar surface area (TPSA) is 37.9 Å². The van der Waals surface area contributed by atoms with E-state index >= 15 is 0 Å². The maximum absolute atomic E-state index is 5.82. The van der Waals surface area contributed by atoms with Crippen molar-refractivity contribution in [2.75, 3.05) is 0 Å². The Bertz CT molecular complexity index is 605. The average Bonchev–Trinajstić information content (AvgIpc) is 2.32. The highest BCUT2D eigenvalue weighted by atomic mass is 32.1. The number of H-pyrrole nitrogens is 1. The molecule has 1 N–H and O–H groups in total. The third kappa shape index (κ3) is 2.76. The van der Waals surface area contributed by atoms with Crippen LogP contribution in [0.25, 0.3) is 11.3 Å². The molecule has 0 unspecified atom stereocenters. The number of nitrogens with zero attached hydrogens (tertiary/aromatic N) is 1. The molecule has 1 heterocycles. The maximum atomic E-state index is 5.82. The minimum atomic E-state index is 0.135. The van der Waals surface area contributed by atoms with Crippen molar-refractivity contribution in [2.24, 2.45) is 0 Å². The van der Waals surface area contributed by atoms with Crippen LogP contribution in [0.4, 0.5) is 0 Å². The summed E-state index contributed by atoms with van der Waals surface area (Å²) in [4.78, 5) is 7.20. The smallest absolute Gasteiger partial charge is 0.197 e. The zero-order valence-corrected chi connectivity index (χ0v) is 11.5. The van der Waals surface area contributed by atoms with Crippen LogP contribution in [0.3, 0.4) is 0 Å². The molecule has 18 heavy (non-hydrogen) atoms. The van der Waals surface area contributed by atoms with Crippen molar-refractivity contribution in [1.82, 2.24) is 9.97 Å². The van der Waals surface area contributed by atoms with Crippen molar-refractivity contribution in [2.45, 2.75) is 26.9 Å². The lowest BCUT2D eigenvalue weighted by Crippen LogP contribution is -2.07. The van der Waals surface area contributed by atoms with Gasteiger partial charge in [0.15, 0.2) is 4.77 Å². The Morgan fingerprint density at radius 1 is 1.28 bits per heavy atom. The van der Waals surface area contributed by atoms with Crippen LogP contribution >= 0.6 is 12.2 Å². The van der Waals surface area contributed by atoms with Crippen molar-refractivity contribution in [3.63, 3.8) is 0 Å². The molecule has 0 atom stereocenters. The highest BCUT2D eigenvalue weighted by Gasteiger charge is 2.10. The van der Waals surface area contributed by atoms with Crippen LogP contribution in [0.15, 0.2) is 30.5 Å². The van der Waals surface area contributed by atoms with Crippen molar-refractivity contribution in [3.05, 3.63) is 40.8 Å². The lowest BCUT2D eigenvalue weighted by atomic mass is 10.1. The van der Waals surface area contributed by atoms with Gasteiger partial charge in [0, 0.05) is 11.8 Å². The minimum absolute atomic E-state index is 0.135. The van der Waals surface area contributed by atoms with Crippen molar-refractivity contribution >= 4 is 12.2 Å². The molecule has 0 saturated carbocycles. The predicted molar refractivity (Wildman–Crippen MR) is 75.4 cm³/mol. The first-order chi connectivity index (χ1) is 8.58. The number of aryl methyl sites for hydroxylation is 1.